The first-order valence-electron chi connectivity index (χ1n) is 8.90. The van der Waals surface area contributed by atoms with Crippen LogP contribution in [0.2, 0.25) is 4.34 Å². The second-order valence-corrected chi connectivity index (χ2v) is 9.02. The quantitative estimate of drug-likeness (QED) is 0.523. The number of nitrogens with one attached hydrogen (secondary N) is 1. The topological polar surface area (TPSA) is 28.2 Å². The van der Waals surface area contributed by atoms with Crippen LogP contribution in [0.5, 0.6) is 0 Å². The lowest BCUT2D eigenvalue weighted by Gasteiger charge is -2.27. The Morgan fingerprint density at radius 2 is 1.89 bits per heavy atom. The number of hydrogen-bond donors (Lipinski definition) is 1. The van der Waals surface area contributed by atoms with Crippen molar-refractivity contribution in [3.63, 3.8) is 0 Å². The molecule has 3 nitrogen and oxygen atoms in total. The normalized spacial score (nSPS) is 19.6. The molecule has 1 fully saturated rings. The van der Waals surface area contributed by atoms with Gasteiger partial charge in [0.1, 0.15) is 0 Å². The maximum atomic E-state index is 6.25. The summed E-state index contributed by atoms with van der Waals surface area (Å²) in [6.07, 6.45) is 1.82. The van der Waals surface area contributed by atoms with Gasteiger partial charge in [0.25, 0.3) is 0 Å². The van der Waals surface area contributed by atoms with Crippen molar-refractivity contribution >= 4 is 46.0 Å². The number of nitrogens with zero attached hydrogens (tertiary/aromatic N) is 2. The molecule has 1 N–H and O–H groups in total. The number of rotatable bonds is 4. The molecule has 2 atom stereocenters. The van der Waals surface area contributed by atoms with Crippen molar-refractivity contribution in [3.8, 4) is 0 Å². The van der Waals surface area contributed by atoms with Gasteiger partial charge in [-0.2, -0.15) is 0 Å². The number of anilines is 1. The van der Waals surface area contributed by atoms with Crippen LogP contribution in [0.1, 0.15) is 48.0 Å². The molecule has 1 aliphatic heterocycles. The van der Waals surface area contributed by atoms with E-state index in [1.807, 2.05) is 30.5 Å². The van der Waals surface area contributed by atoms with Gasteiger partial charge < -0.3 is 10.2 Å². The fourth-order valence-corrected chi connectivity index (χ4v) is 4.96. The molecule has 2 aromatic heterocycles. The van der Waals surface area contributed by atoms with E-state index in [0.29, 0.717) is 11.0 Å². The molecule has 0 spiro atoms. The van der Waals surface area contributed by atoms with E-state index in [9.17, 15) is 0 Å². The van der Waals surface area contributed by atoms with E-state index in [-0.39, 0.29) is 12.1 Å². The molecular formula is C21H20ClN3S2. The third-order valence-electron chi connectivity index (χ3n) is 4.82. The summed E-state index contributed by atoms with van der Waals surface area (Å²) in [5, 5.41) is 4.18. The molecule has 0 saturated carbocycles. The van der Waals surface area contributed by atoms with Crippen molar-refractivity contribution in [2.45, 2.75) is 31.8 Å². The van der Waals surface area contributed by atoms with E-state index in [1.165, 1.54) is 5.56 Å². The van der Waals surface area contributed by atoms with E-state index in [1.54, 1.807) is 11.3 Å². The van der Waals surface area contributed by atoms with Crippen LogP contribution in [0.25, 0.3) is 0 Å². The van der Waals surface area contributed by atoms with Crippen molar-refractivity contribution in [1.29, 1.82) is 0 Å². The van der Waals surface area contributed by atoms with E-state index in [0.717, 1.165) is 20.6 Å². The average Bonchev–Trinajstić information content (AvgIpc) is 3.25. The van der Waals surface area contributed by atoms with Crippen molar-refractivity contribution < 1.29 is 0 Å². The van der Waals surface area contributed by atoms with Gasteiger partial charge in [0.15, 0.2) is 5.11 Å². The second kappa shape index (κ2) is 7.58. The van der Waals surface area contributed by atoms with Gasteiger partial charge in [-0.1, -0.05) is 43.6 Å². The SMILES string of the molecule is CC(C)c1ccc(N2C(=S)N[C@H](c3ccccn3)[C@@H]2c2ccc(Cl)s2)cc1. The molecule has 1 aromatic carbocycles. The Balaban J connectivity index is 1.78. The summed E-state index contributed by atoms with van der Waals surface area (Å²) in [6.45, 7) is 4.40. The summed E-state index contributed by atoms with van der Waals surface area (Å²) < 4.78 is 0.776. The minimum Gasteiger partial charge on any atom is -0.351 e. The van der Waals surface area contributed by atoms with E-state index < -0.39 is 0 Å². The summed E-state index contributed by atoms with van der Waals surface area (Å²) in [5.74, 6) is 0.496. The van der Waals surface area contributed by atoms with Gasteiger partial charge in [0.2, 0.25) is 0 Å². The molecule has 1 aliphatic rings. The van der Waals surface area contributed by atoms with Gasteiger partial charge in [0, 0.05) is 16.8 Å². The number of thiocarbonyl (C=S) groups is 1. The minimum atomic E-state index is -0.0295. The maximum absolute atomic E-state index is 6.25. The average molecular weight is 414 g/mol. The van der Waals surface area contributed by atoms with Crippen LogP contribution in [-0.2, 0) is 0 Å². The molecule has 0 radical (unpaired) electrons. The van der Waals surface area contributed by atoms with Crippen molar-refractivity contribution in [1.82, 2.24) is 10.3 Å². The molecule has 6 heteroatoms. The first-order valence-corrected chi connectivity index (χ1v) is 10.5. The number of hydrogen-bond acceptors (Lipinski definition) is 3. The molecule has 3 aromatic rings. The molecule has 138 valence electrons. The fourth-order valence-electron chi connectivity index (χ4n) is 3.43. The summed E-state index contributed by atoms with van der Waals surface area (Å²) in [5.41, 5.74) is 3.36. The highest BCUT2D eigenvalue weighted by molar-refractivity contribution is 7.80. The lowest BCUT2D eigenvalue weighted by molar-refractivity contribution is 0.575. The lowest BCUT2D eigenvalue weighted by Crippen LogP contribution is -2.29. The zero-order chi connectivity index (χ0) is 19.0. The standard InChI is InChI=1S/C21H20ClN3S2/c1-13(2)14-6-8-15(9-7-14)25-20(17-10-11-18(22)27-17)19(24-21(25)26)16-5-3-4-12-23-16/h3-13,19-20H,1-2H3,(H,24,26)/t19-,20+/m1/s1. The largest absolute Gasteiger partial charge is 0.351 e. The van der Waals surface area contributed by atoms with Crippen molar-refractivity contribution in [3.05, 3.63) is 81.3 Å². The first kappa shape index (κ1) is 18.4. The zero-order valence-electron chi connectivity index (χ0n) is 15.1. The second-order valence-electron chi connectivity index (χ2n) is 6.88. The molecular weight excluding hydrogens is 394 g/mol. The van der Waals surface area contributed by atoms with Gasteiger partial charge in [-0.25, -0.2) is 0 Å². The van der Waals surface area contributed by atoms with Crippen LogP contribution in [0, 0.1) is 0 Å². The maximum Gasteiger partial charge on any atom is 0.174 e. The van der Waals surface area contributed by atoms with Crippen molar-refractivity contribution in [2.75, 3.05) is 4.90 Å². The van der Waals surface area contributed by atoms with Crippen LogP contribution < -0.4 is 10.2 Å². The molecule has 27 heavy (non-hydrogen) atoms. The van der Waals surface area contributed by atoms with Crippen LogP contribution in [-0.4, -0.2) is 10.1 Å². The molecule has 0 amide bonds. The Kier molecular flexibility index (Phi) is 5.17. The molecule has 1 saturated heterocycles. The number of pyridine rings is 1. The molecule has 0 unspecified atom stereocenters. The molecule has 0 aliphatic carbocycles. The monoisotopic (exact) mass is 413 g/mol. The highest BCUT2D eigenvalue weighted by Crippen LogP contribution is 2.44. The minimum absolute atomic E-state index is 0.00907. The summed E-state index contributed by atoms with van der Waals surface area (Å²) >= 11 is 13.6. The van der Waals surface area contributed by atoms with Gasteiger partial charge in [0.05, 0.1) is 22.1 Å². The number of thiophene rings is 1. The lowest BCUT2D eigenvalue weighted by atomic mass is 10.0. The van der Waals surface area contributed by atoms with Gasteiger partial charge in [-0.15, -0.1) is 11.3 Å². The Labute approximate surface area is 174 Å². The van der Waals surface area contributed by atoms with Crippen molar-refractivity contribution in [2.24, 2.45) is 0 Å². The number of benzene rings is 1. The summed E-state index contributed by atoms with van der Waals surface area (Å²) in [7, 11) is 0. The van der Waals surface area contributed by atoms with Crippen LogP contribution in [0.4, 0.5) is 5.69 Å². The highest BCUT2D eigenvalue weighted by atomic mass is 35.5. The fraction of sp³-hybridized carbons (Fsp3) is 0.238. The van der Waals surface area contributed by atoms with Crippen LogP contribution >= 0.6 is 35.2 Å². The van der Waals surface area contributed by atoms with Gasteiger partial charge in [-0.05, 0) is 60.1 Å². The predicted octanol–water partition coefficient (Wildman–Crippen LogP) is 6.10. The third-order valence-corrected chi connectivity index (χ3v) is 6.44. The Morgan fingerprint density at radius 1 is 1.11 bits per heavy atom. The Morgan fingerprint density at radius 3 is 2.48 bits per heavy atom. The van der Waals surface area contributed by atoms with Crippen LogP contribution in [0.3, 0.4) is 0 Å². The van der Waals surface area contributed by atoms with E-state index in [2.05, 4.69) is 59.4 Å². The molecule has 3 heterocycles. The van der Waals surface area contributed by atoms with E-state index in [4.69, 9.17) is 23.8 Å². The smallest absolute Gasteiger partial charge is 0.174 e. The van der Waals surface area contributed by atoms with Gasteiger partial charge in [-0.3, -0.25) is 4.98 Å². The molecule has 0 bridgehead atoms. The van der Waals surface area contributed by atoms with Gasteiger partial charge >= 0.3 is 0 Å². The molecule has 4 rings (SSSR count). The summed E-state index contributed by atoms with van der Waals surface area (Å²) in [6, 6.07) is 18.6. The predicted molar refractivity (Wildman–Crippen MR) is 118 cm³/mol. The number of halogens is 1. The highest BCUT2D eigenvalue weighted by Gasteiger charge is 2.41. The first-order chi connectivity index (χ1) is 13.0. The zero-order valence-corrected chi connectivity index (χ0v) is 17.5. The van der Waals surface area contributed by atoms with E-state index >= 15 is 0 Å². The third kappa shape index (κ3) is 3.59. The Hall–Kier alpha value is -1.95. The Bertz CT molecular complexity index is 938. The summed E-state index contributed by atoms with van der Waals surface area (Å²) in [4.78, 5) is 7.91. The number of aromatic nitrogens is 1. The van der Waals surface area contributed by atoms with Crippen LogP contribution in [0.15, 0.2) is 60.8 Å².